The predicted molar refractivity (Wildman–Crippen MR) is 109 cm³/mol. The first kappa shape index (κ1) is 19.4. The first-order chi connectivity index (χ1) is 13.2. The van der Waals surface area contributed by atoms with E-state index in [1.165, 1.54) is 5.56 Å². The standard InChI is InChI=1S/C21H26N4OS/c1-4-17-8-10-19(11-9-17)26-14-20-23-24-21(25(20)13-16(2)3)27-15-18-7-5-6-12-22-18/h5-12,16H,4,13-15H2,1-3H3. The molecule has 0 aliphatic rings. The molecule has 0 spiro atoms. The van der Waals surface area contributed by atoms with Gasteiger partial charge in [0.1, 0.15) is 12.4 Å². The van der Waals surface area contributed by atoms with Gasteiger partial charge < -0.3 is 9.30 Å². The number of benzene rings is 1. The summed E-state index contributed by atoms with van der Waals surface area (Å²) in [6, 6.07) is 14.2. The molecule has 0 N–H and O–H groups in total. The van der Waals surface area contributed by atoms with Crippen LogP contribution in [0.2, 0.25) is 0 Å². The van der Waals surface area contributed by atoms with E-state index >= 15 is 0 Å². The van der Waals surface area contributed by atoms with Crippen LogP contribution in [0, 0.1) is 5.92 Å². The summed E-state index contributed by atoms with van der Waals surface area (Å²) < 4.78 is 8.11. The van der Waals surface area contributed by atoms with Crippen molar-refractivity contribution < 1.29 is 4.74 Å². The molecule has 0 saturated carbocycles. The number of rotatable bonds is 9. The molecule has 2 aromatic heterocycles. The first-order valence-electron chi connectivity index (χ1n) is 9.32. The van der Waals surface area contributed by atoms with E-state index in [0.717, 1.165) is 41.1 Å². The largest absolute Gasteiger partial charge is 0.486 e. The third-order valence-electron chi connectivity index (χ3n) is 4.12. The van der Waals surface area contributed by atoms with Gasteiger partial charge in [-0.25, -0.2) is 0 Å². The molecule has 1 aromatic carbocycles. The van der Waals surface area contributed by atoms with Crippen LogP contribution in [0.5, 0.6) is 5.75 Å². The van der Waals surface area contributed by atoms with Gasteiger partial charge in [0, 0.05) is 18.5 Å². The quantitative estimate of drug-likeness (QED) is 0.499. The molecule has 142 valence electrons. The molecule has 2 heterocycles. The maximum Gasteiger partial charge on any atom is 0.191 e. The van der Waals surface area contributed by atoms with E-state index in [1.807, 2.05) is 36.5 Å². The Kier molecular flexibility index (Phi) is 6.87. The van der Waals surface area contributed by atoms with Crippen molar-refractivity contribution >= 4 is 11.8 Å². The SMILES string of the molecule is CCc1ccc(OCc2nnc(SCc3ccccn3)n2CC(C)C)cc1. The zero-order chi connectivity index (χ0) is 19.1. The Hall–Kier alpha value is -2.34. The van der Waals surface area contributed by atoms with Crippen molar-refractivity contribution in [2.45, 2.75) is 51.3 Å². The minimum absolute atomic E-state index is 0.412. The Balaban J connectivity index is 1.69. The zero-order valence-corrected chi connectivity index (χ0v) is 16.9. The smallest absolute Gasteiger partial charge is 0.191 e. The summed E-state index contributed by atoms with van der Waals surface area (Å²) in [4.78, 5) is 4.38. The molecule has 27 heavy (non-hydrogen) atoms. The average molecular weight is 383 g/mol. The fourth-order valence-electron chi connectivity index (χ4n) is 2.67. The number of hydrogen-bond donors (Lipinski definition) is 0. The molecule has 3 rings (SSSR count). The summed E-state index contributed by atoms with van der Waals surface area (Å²) in [5.41, 5.74) is 2.34. The fourth-order valence-corrected chi connectivity index (χ4v) is 3.55. The minimum atomic E-state index is 0.412. The van der Waals surface area contributed by atoms with Gasteiger partial charge in [0.05, 0.1) is 5.69 Å². The van der Waals surface area contributed by atoms with Crippen molar-refractivity contribution in [1.82, 2.24) is 19.7 Å². The molecular weight excluding hydrogens is 356 g/mol. The molecule has 3 aromatic rings. The van der Waals surface area contributed by atoms with Crippen molar-refractivity contribution in [3.63, 3.8) is 0 Å². The summed E-state index contributed by atoms with van der Waals surface area (Å²) in [5, 5.41) is 9.68. The Morgan fingerprint density at radius 3 is 2.56 bits per heavy atom. The van der Waals surface area contributed by atoms with Gasteiger partial charge in [0.2, 0.25) is 0 Å². The van der Waals surface area contributed by atoms with E-state index in [9.17, 15) is 0 Å². The molecule has 0 aliphatic heterocycles. The van der Waals surface area contributed by atoms with Crippen molar-refractivity contribution in [2.24, 2.45) is 5.92 Å². The summed E-state index contributed by atoms with van der Waals surface area (Å²) in [6.45, 7) is 7.82. The molecule has 0 atom stereocenters. The Bertz CT molecular complexity index is 831. The van der Waals surface area contributed by atoms with Gasteiger partial charge in [0.25, 0.3) is 0 Å². The summed E-state index contributed by atoms with van der Waals surface area (Å²) in [6.07, 6.45) is 2.84. The van der Waals surface area contributed by atoms with E-state index < -0.39 is 0 Å². The maximum atomic E-state index is 5.94. The van der Waals surface area contributed by atoms with E-state index in [4.69, 9.17) is 4.74 Å². The van der Waals surface area contributed by atoms with Gasteiger partial charge >= 0.3 is 0 Å². The van der Waals surface area contributed by atoms with Crippen LogP contribution < -0.4 is 4.74 Å². The highest BCUT2D eigenvalue weighted by Gasteiger charge is 2.15. The Labute approximate surface area is 165 Å². The minimum Gasteiger partial charge on any atom is -0.486 e. The third kappa shape index (κ3) is 5.57. The summed E-state index contributed by atoms with van der Waals surface area (Å²) in [7, 11) is 0. The van der Waals surface area contributed by atoms with Crippen LogP contribution in [-0.2, 0) is 25.3 Å². The van der Waals surface area contributed by atoms with Gasteiger partial charge in [-0.1, -0.05) is 50.7 Å². The lowest BCUT2D eigenvalue weighted by Crippen LogP contribution is -2.12. The van der Waals surface area contributed by atoms with Gasteiger partial charge in [0.15, 0.2) is 11.0 Å². The number of pyridine rings is 1. The van der Waals surface area contributed by atoms with Crippen LogP contribution in [-0.4, -0.2) is 19.7 Å². The van der Waals surface area contributed by atoms with Crippen LogP contribution in [0.1, 0.15) is 37.9 Å². The number of thioether (sulfide) groups is 1. The lowest BCUT2D eigenvalue weighted by Gasteiger charge is -2.13. The molecule has 0 amide bonds. The normalized spacial score (nSPS) is 11.1. The number of nitrogens with zero attached hydrogens (tertiary/aromatic N) is 4. The average Bonchev–Trinajstić information content (AvgIpc) is 3.07. The van der Waals surface area contributed by atoms with E-state index in [1.54, 1.807) is 11.8 Å². The van der Waals surface area contributed by atoms with Crippen molar-refractivity contribution in [3.8, 4) is 5.75 Å². The maximum absolute atomic E-state index is 5.94. The predicted octanol–water partition coefficient (Wildman–Crippen LogP) is 4.76. The van der Waals surface area contributed by atoms with Crippen LogP contribution in [0.15, 0.2) is 53.8 Å². The summed E-state index contributed by atoms with van der Waals surface area (Å²) in [5.74, 6) is 2.98. The van der Waals surface area contributed by atoms with Crippen molar-refractivity contribution in [3.05, 3.63) is 65.7 Å². The van der Waals surface area contributed by atoms with Crippen LogP contribution in [0.3, 0.4) is 0 Å². The second-order valence-electron chi connectivity index (χ2n) is 6.80. The fraction of sp³-hybridized carbons (Fsp3) is 0.381. The number of aryl methyl sites for hydroxylation is 1. The van der Waals surface area contributed by atoms with Gasteiger partial charge in [-0.3, -0.25) is 4.98 Å². The Morgan fingerprint density at radius 2 is 1.89 bits per heavy atom. The monoisotopic (exact) mass is 382 g/mol. The van der Waals surface area contributed by atoms with Gasteiger partial charge in [-0.05, 0) is 42.2 Å². The van der Waals surface area contributed by atoms with Crippen LogP contribution >= 0.6 is 11.8 Å². The lowest BCUT2D eigenvalue weighted by molar-refractivity contribution is 0.284. The van der Waals surface area contributed by atoms with E-state index in [2.05, 4.69) is 52.7 Å². The van der Waals surface area contributed by atoms with E-state index in [-0.39, 0.29) is 0 Å². The number of ether oxygens (including phenoxy) is 1. The highest BCUT2D eigenvalue weighted by molar-refractivity contribution is 7.98. The highest BCUT2D eigenvalue weighted by Crippen LogP contribution is 2.23. The molecule has 0 radical (unpaired) electrons. The highest BCUT2D eigenvalue weighted by atomic mass is 32.2. The molecule has 0 unspecified atom stereocenters. The molecule has 5 nitrogen and oxygen atoms in total. The van der Waals surface area contributed by atoms with Crippen LogP contribution in [0.25, 0.3) is 0 Å². The zero-order valence-electron chi connectivity index (χ0n) is 16.1. The van der Waals surface area contributed by atoms with Crippen molar-refractivity contribution in [1.29, 1.82) is 0 Å². The van der Waals surface area contributed by atoms with Gasteiger partial charge in [-0.15, -0.1) is 10.2 Å². The van der Waals surface area contributed by atoms with Gasteiger partial charge in [-0.2, -0.15) is 0 Å². The topological polar surface area (TPSA) is 52.8 Å². The second kappa shape index (κ2) is 9.55. The third-order valence-corrected chi connectivity index (χ3v) is 5.12. The molecular formula is C21H26N4OS. The molecule has 0 bridgehead atoms. The number of aromatic nitrogens is 4. The molecule has 0 fully saturated rings. The number of hydrogen-bond acceptors (Lipinski definition) is 5. The molecule has 0 saturated heterocycles. The first-order valence-corrected chi connectivity index (χ1v) is 10.3. The van der Waals surface area contributed by atoms with Crippen molar-refractivity contribution in [2.75, 3.05) is 0 Å². The second-order valence-corrected chi connectivity index (χ2v) is 7.74. The van der Waals surface area contributed by atoms with E-state index in [0.29, 0.717) is 12.5 Å². The Morgan fingerprint density at radius 1 is 1.07 bits per heavy atom. The van der Waals surface area contributed by atoms with Crippen LogP contribution in [0.4, 0.5) is 0 Å². The lowest BCUT2D eigenvalue weighted by atomic mass is 10.2. The summed E-state index contributed by atoms with van der Waals surface area (Å²) >= 11 is 1.66. The molecule has 0 aliphatic carbocycles. The molecule has 6 heteroatoms.